The van der Waals surface area contributed by atoms with Crippen molar-refractivity contribution in [3.63, 3.8) is 0 Å². The van der Waals surface area contributed by atoms with Crippen molar-refractivity contribution in [2.24, 2.45) is 5.14 Å². The Balaban J connectivity index is 4.25. The average molecular weight is 181 g/mol. The molecule has 0 bridgehead atoms. The Hall–Kier alpha value is -1.11. The molecule has 0 aliphatic carbocycles. The van der Waals surface area contributed by atoms with Gasteiger partial charge < -0.3 is 4.74 Å². The standard InChI is InChI=1S/C9H11NOS/c1-4-6-9(8(3)12-10)11-7-5-2/h2,4,6H,1,3,7,10H2/b9-6+. The molecule has 0 radical (unpaired) electrons. The third-order valence-electron chi connectivity index (χ3n) is 0.997. The maximum Gasteiger partial charge on any atom is 0.148 e. The summed E-state index contributed by atoms with van der Waals surface area (Å²) in [6.07, 6.45) is 8.28. The first kappa shape index (κ1) is 10.9. The Morgan fingerprint density at radius 1 is 1.75 bits per heavy atom. The molecule has 0 saturated carbocycles. The fourth-order valence-electron chi connectivity index (χ4n) is 0.506. The van der Waals surface area contributed by atoms with E-state index in [0.29, 0.717) is 10.7 Å². The van der Waals surface area contributed by atoms with Gasteiger partial charge in [-0.2, -0.15) is 0 Å². The van der Waals surface area contributed by atoms with E-state index in [9.17, 15) is 0 Å². The van der Waals surface area contributed by atoms with Gasteiger partial charge in [-0.25, -0.2) is 0 Å². The van der Waals surface area contributed by atoms with Crippen LogP contribution < -0.4 is 5.14 Å². The summed E-state index contributed by atoms with van der Waals surface area (Å²) in [5.41, 5.74) is 0. The molecule has 12 heavy (non-hydrogen) atoms. The van der Waals surface area contributed by atoms with Crippen LogP contribution in [-0.4, -0.2) is 6.61 Å². The number of hydrogen-bond acceptors (Lipinski definition) is 3. The summed E-state index contributed by atoms with van der Waals surface area (Å²) in [5, 5.41) is 5.29. The van der Waals surface area contributed by atoms with E-state index in [1.54, 1.807) is 12.2 Å². The minimum atomic E-state index is 0.208. The number of allylic oxidation sites excluding steroid dienone is 2. The van der Waals surface area contributed by atoms with Crippen LogP contribution >= 0.6 is 11.9 Å². The van der Waals surface area contributed by atoms with Crippen LogP contribution in [0.3, 0.4) is 0 Å². The molecule has 0 aliphatic rings. The van der Waals surface area contributed by atoms with E-state index in [-0.39, 0.29) is 6.61 Å². The lowest BCUT2D eigenvalue weighted by Gasteiger charge is -2.06. The van der Waals surface area contributed by atoms with Gasteiger partial charge in [0.15, 0.2) is 0 Å². The van der Waals surface area contributed by atoms with Crippen LogP contribution in [0, 0.1) is 12.3 Å². The molecule has 0 rings (SSSR count). The Labute approximate surface area is 77.3 Å². The molecule has 0 heterocycles. The molecule has 0 aromatic rings. The van der Waals surface area contributed by atoms with Crippen LogP contribution in [0.2, 0.25) is 0 Å². The van der Waals surface area contributed by atoms with Crippen molar-refractivity contribution >= 4 is 11.9 Å². The normalized spacial score (nSPS) is 10.2. The van der Waals surface area contributed by atoms with Gasteiger partial charge in [-0.05, 0) is 18.0 Å². The SMILES string of the molecule is C#CCO/C(=C/C=C)C(=C)SN. The van der Waals surface area contributed by atoms with Gasteiger partial charge in [-0.3, -0.25) is 5.14 Å². The first-order chi connectivity index (χ1) is 5.76. The maximum atomic E-state index is 5.29. The summed E-state index contributed by atoms with van der Waals surface area (Å²) in [7, 11) is 0. The molecule has 0 saturated heterocycles. The molecule has 0 aliphatic heterocycles. The van der Waals surface area contributed by atoms with Gasteiger partial charge in [-0.15, -0.1) is 6.42 Å². The average Bonchev–Trinajstić information content (AvgIpc) is 2.11. The summed E-state index contributed by atoms with van der Waals surface area (Å²) < 4.78 is 5.14. The highest BCUT2D eigenvalue weighted by Gasteiger charge is 2.00. The van der Waals surface area contributed by atoms with Crippen LogP contribution in [0.15, 0.2) is 36.0 Å². The Bertz CT molecular complexity index is 237. The first-order valence-corrected chi connectivity index (χ1v) is 4.09. The number of ether oxygens (including phenoxy) is 1. The molecule has 0 fully saturated rings. The molecule has 0 spiro atoms. The van der Waals surface area contributed by atoms with Crippen molar-refractivity contribution in [3.8, 4) is 12.3 Å². The van der Waals surface area contributed by atoms with Crippen LogP contribution in [0.1, 0.15) is 0 Å². The molecular formula is C9H11NOS. The Morgan fingerprint density at radius 2 is 2.42 bits per heavy atom. The topological polar surface area (TPSA) is 35.2 Å². The third kappa shape index (κ3) is 3.91. The van der Waals surface area contributed by atoms with Crippen molar-refractivity contribution in [3.05, 3.63) is 36.0 Å². The second kappa shape index (κ2) is 6.59. The van der Waals surface area contributed by atoms with Crippen molar-refractivity contribution in [2.75, 3.05) is 6.61 Å². The summed E-state index contributed by atoms with van der Waals surface area (Å²) in [6, 6.07) is 0. The Morgan fingerprint density at radius 3 is 2.83 bits per heavy atom. The van der Waals surface area contributed by atoms with Gasteiger partial charge in [-0.1, -0.05) is 25.2 Å². The zero-order valence-corrected chi connectivity index (χ0v) is 7.56. The van der Waals surface area contributed by atoms with Crippen LogP contribution in [-0.2, 0) is 4.74 Å². The molecule has 0 aromatic carbocycles. The predicted octanol–water partition coefficient (Wildman–Crippen LogP) is 1.83. The summed E-state index contributed by atoms with van der Waals surface area (Å²) in [4.78, 5) is 0.630. The van der Waals surface area contributed by atoms with Crippen molar-refractivity contribution < 1.29 is 4.74 Å². The van der Waals surface area contributed by atoms with E-state index in [1.807, 2.05) is 0 Å². The van der Waals surface area contributed by atoms with Gasteiger partial charge in [0.1, 0.15) is 12.4 Å². The molecule has 0 atom stereocenters. The molecule has 3 heteroatoms. The van der Waals surface area contributed by atoms with Gasteiger partial charge >= 0.3 is 0 Å². The van der Waals surface area contributed by atoms with Crippen LogP contribution in [0.5, 0.6) is 0 Å². The van der Waals surface area contributed by atoms with Crippen LogP contribution in [0.4, 0.5) is 0 Å². The zero-order chi connectivity index (χ0) is 9.40. The predicted molar refractivity (Wildman–Crippen MR) is 54.0 cm³/mol. The number of hydrogen-bond donors (Lipinski definition) is 1. The fraction of sp³-hybridized carbons (Fsp3) is 0.111. The minimum absolute atomic E-state index is 0.208. The lowest BCUT2D eigenvalue weighted by molar-refractivity contribution is 0.266. The molecule has 64 valence electrons. The quantitative estimate of drug-likeness (QED) is 0.304. The molecule has 0 amide bonds. The van der Waals surface area contributed by atoms with Gasteiger partial charge in [0.2, 0.25) is 0 Å². The lowest BCUT2D eigenvalue weighted by Crippen LogP contribution is -1.95. The van der Waals surface area contributed by atoms with Crippen LogP contribution in [0.25, 0.3) is 0 Å². The van der Waals surface area contributed by atoms with E-state index in [1.165, 1.54) is 0 Å². The first-order valence-electron chi connectivity index (χ1n) is 3.21. The highest BCUT2D eigenvalue weighted by Crippen LogP contribution is 2.17. The van der Waals surface area contributed by atoms with Gasteiger partial charge in [0.25, 0.3) is 0 Å². The van der Waals surface area contributed by atoms with E-state index in [2.05, 4.69) is 19.1 Å². The van der Waals surface area contributed by atoms with Gasteiger partial charge in [0.05, 0.1) is 4.91 Å². The Kier molecular flexibility index (Phi) is 5.98. The second-order valence-corrected chi connectivity index (χ2v) is 2.53. The molecular weight excluding hydrogens is 170 g/mol. The minimum Gasteiger partial charge on any atom is -0.480 e. The highest BCUT2D eigenvalue weighted by atomic mass is 32.2. The van der Waals surface area contributed by atoms with Crippen molar-refractivity contribution in [1.29, 1.82) is 0 Å². The van der Waals surface area contributed by atoms with Crippen molar-refractivity contribution in [1.82, 2.24) is 0 Å². The zero-order valence-electron chi connectivity index (χ0n) is 6.75. The lowest BCUT2D eigenvalue weighted by atomic mass is 10.4. The number of rotatable bonds is 5. The summed E-state index contributed by atoms with van der Waals surface area (Å²) in [6.45, 7) is 7.41. The van der Waals surface area contributed by atoms with Gasteiger partial charge in [0, 0.05) is 0 Å². The van der Waals surface area contributed by atoms with E-state index in [0.717, 1.165) is 11.9 Å². The van der Waals surface area contributed by atoms with Crippen molar-refractivity contribution in [2.45, 2.75) is 0 Å². The smallest absolute Gasteiger partial charge is 0.148 e. The summed E-state index contributed by atoms with van der Waals surface area (Å²) in [5.74, 6) is 2.91. The monoisotopic (exact) mass is 181 g/mol. The molecule has 0 unspecified atom stereocenters. The maximum absolute atomic E-state index is 5.29. The molecule has 2 N–H and O–H groups in total. The second-order valence-electron chi connectivity index (χ2n) is 1.80. The summed E-state index contributed by atoms with van der Waals surface area (Å²) >= 11 is 1.02. The number of terminal acetylenes is 1. The third-order valence-corrected chi connectivity index (χ3v) is 1.48. The number of nitrogens with two attached hydrogens (primary N) is 1. The molecule has 2 nitrogen and oxygen atoms in total. The fourth-order valence-corrected chi connectivity index (χ4v) is 0.749. The van der Waals surface area contributed by atoms with E-state index in [4.69, 9.17) is 16.3 Å². The molecule has 0 aromatic heterocycles. The highest BCUT2D eigenvalue weighted by molar-refractivity contribution is 8.01. The largest absolute Gasteiger partial charge is 0.480 e. The van der Waals surface area contributed by atoms with E-state index >= 15 is 0 Å². The van der Waals surface area contributed by atoms with E-state index < -0.39 is 0 Å².